The number of aliphatic hydroxyl groups excluding tert-OH is 1. The van der Waals surface area contributed by atoms with Crippen molar-refractivity contribution in [3.8, 4) is 0 Å². The van der Waals surface area contributed by atoms with Gasteiger partial charge < -0.3 is 5.11 Å². The van der Waals surface area contributed by atoms with E-state index in [9.17, 15) is 10.1 Å². The van der Waals surface area contributed by atoms with Crippen molar-refractivity contribution in [2.75, 3.05) is 0 Å². The lowest BCUT2D eigenvalue weighted by atomic mass is 10.2. The zero-order chi connectivity index (χ0) is 13.0. The Labute approximate surface area is 107 Å². The summed E-state index contributed by atoms with van der Waals surface area (Å²) in [4.78, 5) is 19.0. The van der Waals surface area contributed by atoms with Gasteiger partial charge in [-0.05, 0) is 30.0 Å². The average molecular weight is 263 g/mol. The van der Waals surface area contributed by atoms with E-state index >= 15 is 0 Å². The lowest BCUT2D eigenvalue weighted by Gasteiger charge is -2.03. The van der Waals surface area contributed by atoms with Crippen LogP contribution in [0.25, 0.3) is 0 Å². The van der Waals surface area contributed by atoms with Crippen molar-refractivity contribution < 1.29 is 10.0 Å². The van der Waals surface area contributed by atoms with E-state index in [1.54, 1.807) is 30.6 Å². The largest absolute Gasteiger partial charge is 0.391 e. The van der Waals surface area contributed by atoms with Gasteiger partial charge >= 0.3 is 0 Å². The van der Waals surface area contributed by atoms with Gasteiger partial charge in [0.2, 0.25) is 0 Å². The van der Waals surface area contributed by atoms with E-state index in [4.69, 9.17) is 5.11 Å². The van der Waals surface area contributed by atoms with Crippen LogP contribution in [0, 0.1) is 10.1 Å². The molecular weight excluding hydrogens is 254 g/mol. The van der Waals surface area contributed by atoms with Gasteiger partial charge in [-0.15, -0.1) is 0 Å². The highest BCUT2D eigenvalue weighted by Crippen LogP contribution is 2.29. The molecule has 0 radical (unpaired) electrons. The number of rotatable bonds is 4. The van der Waals surface area contributed by atoms with Gasteiger partial charge in [-0.3, -0.25) is 10.1 Å². The minimum atomic E-state index is -0.515. The lowest BCUT2D eigenvalue weighted by molar-refractivity contribution is -0.385. The molecule has 1 aromatic heterocycles. The molecule has 0 amide bonds. The molecule has 0 fully saturated rings. The third kappa shape index (κ3) is 2.82. The summed E-state index contributed by atoms with van der Waals surface area (Å²) < 4.78 is 0. The van der Waals surface area contributed by atoms with Gasteiger partial charge in [0.15, 0.2) is 5.16 Å². The topological polar surface area (TPSA) is 89.2 Å². The van der Waals surface area contributed by atoms with Crippen LogP contribution in [0.2, 0.25) is 0 Å². The summed E-state index contributed by atoms with van der Waals surface area (Å²) in [5, 5.41) is 20.4. The Morgan fingerprint density at radius 3 is 2.67 bits per heavy atom. The smallest absolute Gasteiger partial charge is 0.274 e. The van der Waals surface area contributed by atoms with Crippen molar-refractivity contribution >= 4 is 17.4 Å². The van der Waals surface area contributed by atoms with Crippen LogP contribution < -0.4 is 0 Å². The summed E-state index contributed by atoms with van der Waals surface area (Å²) >= 11 is 1.28. The first kappa shape index (κ1) is 12.5. The fourth-order valence-electron chi connectivity index (χ4n) is 1.37. The molecule has 7 heteroatoms. The predicted molar refractivity (Wildman–Crippen MR) is 65.2 cm³/mol. The summed E-state index contributed by atoms with van der Waals surface area (Å²) in [5.74, 6) is 0. The molecule has 0 saturated heterocycles. The first-order chi connectivity index (χ1) is 8.70. The van der Waals surface area contributed by atoms with Gasteiger partial charge in [-0.25, -0.2) is 9.97 Å². The third-order valence-corrected chi connectivity index (χ3v) is 3.05. The highest BCUT2D eigenvalue weighted by atomic mass is 32.2. The summed E-state index contributed by atoms with van der Waals surface area (Å²) in [6, 6.07) is 6.26. The maximum atomic E-state index is 10.7. The number of nitro benzene ring substituents is 1. The Hall–Kier alpha value is -1.99. The number of nitrogens with zero attached hydrogens (tertiary/aromatic N) is 3. The second-order valence-electron chi connectivity index (χ2n) is 3.34. The Balaban J connectivity index is 2.28. The van der Waals surface area contributed by atoms with Gasteiger partial charge in [0.05, 0.1) is 17.1 Å². The standard InChI is InChI=1S/C11H9N3O3S/c15-7-8-6-9(2-3-10(8)14(16)17)18-11-12-4-1-5-13-11/h1-6,15H,7H2. The van der Waals surface area contributed by atoms with Crippen LogP contribution in [0.1, 0.15) is 5.56 Å². The monoisotopic (exact) mass is 263 g/mol. The molecule has 0 atom stereocenters. The molecule has 0 unspecified atom stereocenters. The molecule has 0 saturated carbocycles. The van der Waals surface area contributed by atoms with Crippen molar-refractivity contribution in [1.29, 1.82) is 0 Å². The van der Waals surface area contributed by atoms with E-state index in [1.165, 1.54) is 17.8 Å². The van der Waals surface area contributed by atoms with Crippen molar-refractivity contribution in [2.45, 2.75) is 16.7 Å². The molecule has 2 rings (SSSR count). The summed E-state index contributed by atoms with van der Waals surface area (Å²) in [6.07, 6.45) is 3.24. The Morgan fingerprint density at radius 1 is 1.33 bits per heavy atom. The Morgan fingerprint density at radius 2 is 2.06 bits per heavy atom. The van der Waals surface area contributed by atoms with Crippen molar-refractivity contribution in [3.63, 3.8) is 0 Å². The van der Waals surface area contributed by atoms with Gasteiger partial charge in [-0.1, -0.05) is 0 Å². The minimum Gasteiger partial charge on any atom is -0.391 e. The molecule has 0 aliphatic heterocycles. The summed E-state index contributed by atoms with van der Waals surface area (Å²) in [7, 11) is 0. The maximum Gasteiger partial charge on any atom is 0.274 e. The lowest BCUT2D eigenvalue weighted by Crippen LogP contribution is -1.95. The number of aliphatic hydroxyl groups is 1. The highest BCUT2D eigenvalue weighted by molar-refractivity contribution is 7.99. The second kappa shape index (κ2) is 5.56. The maximum absolute atomic E-state index is 10.7. The van der Waals surface area contributed by atoms with Crippen molar-refractivity contribution in [3.05, 3.63) is 52.3 Å². The van der Waals surface area contributed by atoms with Gasteiger partial charge in [0.25, 0.3) is 5.69 Å². The van der Waals surface area contributed by atoms with Gasteiger partial charge in [0.1, 0.15) is 0 Å². The molecule has 1 N–H and O–H groups in total. The zero-order valence-corrected chi connectivity index (χ0v) is 10.0. The van der Waals surface area contributed by atoms with Gasteiger partial charge in [-0.2, -0.15) is 0 Å². The average Bonchev–Trinajstić information content (AvgIpc) is 2.39. The molecule has 0 aliphatic carbocycles. The van der Waals surface area contributed by atoms with Crippen molar-refractivity contribution in [1.82, 2.24) is 9.97 Å². The highest BCUT2D eigenvalue weighted by Gasteiger charge is 2.13. The van der Waals surface area contributed by atoms with Gasteiger partial charge in [0, 0.05) is 23.4 Å². The summed E-state index contributed by atoms with van der Waals surface area (Å²) in [5.41, 5.74) is 0.191. The molecule has 92 valence electrons. The molecule has 18 heavy (non-hydrogen) atoms. The fraction of sp³-hybridized carbons (Fsp3) is 0.0909. The van der Waals surface area contributed by atoms with E-state index in [2.05, 4.69) is 9.97 Å². The fourth-order valence-corrected chi connectivity index (χ4v) is 2.15. The molecular formula is C11H9N3O3S. The van der Waals surface area contributed by atoms with Crippen LogP contribution >= 0.6 is 11.8 Å². The zero-order valence-electron chi connectivity index (χ0n) is 9.18. The van der Waals surface area contributed by atoms with Crippen LogP contribution in [0.3, 0.4) is 0 Å². The Kier molecular flexibility index (Phi) is 3.85. The molecule has 1 heterocycles. The quantitative estimate of drug-likeness (QED) is 0.515. The Bertz CT molecular complexity index is 563. The molecule has 2 aromatic rings. The second-order valence-corrected chi connectivity index (χ2v) is 4.38. The molecule has 6 nitrogen and oxygen atoms in total. The van der Waals surface area contributed by atoms with E-state index in [1.807, 2.05) is 0 Å². The van der Waals surface area contributed by atoms with Crippen LogP contribution in [0.5, 0.6) is 0 Å². The van der Waals surface area contributed by atoms with Crippen LogP contribution in [-0.4, -0.2) is 20.0 Å². The number of hydrogen-bond donors (Lipinski definition) is 1. The van der Waals surface area contributed by atoms with E-state index in [0.717, 1.165) is 4.90 Å². The van der Waals surface area contributed by atoms with Crippen LogP contribution in [0.4, 0.5) is 5.69 Å². The molecule has 0 spiro atoms. The van der Waals surface area contributed by atoms with E-state index in [0.29, 0.717) is 5.16 Å². The van der Waals surface area contributed by atoms with Crippen LogP contribution in [-0.2, 0) is 6.61 Å². The normalized spacial score (nSPS) is 10.3. The molecule has 0 aliphatic rings. The SMILES string of the molecule is O=[N+]([O-])c1ccc(Sc2ncccn2)cc1CO. The summed E-state index contributed by atoms with van der Waals surface area (Å²) in [6.45, 7) is -0.375. The predicted octanol–water partition coefficient (Wildman–Crippen LogP) is 2.03. The van der Waals surface area contributed by atoms with E-state index in [-0.39, 0.29) is 17.9 Å². The number of aromatic nitrogens is 2. The number of hydrogen-bond acceptors (Lipinski definition) is 6. The molecule has 1 aromatic carbocycles. The number of benzene rings is 1. The first-order valence-electron chi connectivity index (χ1n) is 5.04. The van der Waals surface area contributed by atoms with Crippen LogP contribution in [0.15, 0.2) is 46.7 Å². The number of nitro groups is 1. The van der Waals surface area contributed by atoms with Crippen molar-refractivity contribution in [2.24, 2.45) is 0 Å². The minimum absolute atomic E-state index is 0.0872. The third-order valence-electron chi connectivity index (χ3n) is 2.17. The molecule has 0 bridgehead atoms. The van der Waals surface area contributed by atoms with E-state index < -0.39 is 4.92 Å². The first-order valence-corrected chi connectivity index (χ1v) is 5.85.